The van der Waals surface area contributed by atoms with Crippen LogP contribution in [0.25, 0.3) is 10.9 Å². The number of nitrogens with one attached hydrogen (secondary N) is 1. The number of carbonyl (C=O) groups is 1. The van der Waals surface area contributed by atoms with Crippen LogP contribution in [0.1, 0.15) is 28.4 Å². The standard InChI is InChI=1S/C25H20ClN3O2/c1-17(19-11-13-22(26)14-12-19)28-29-25(30)21-9-7-18(8-10-21)16-31-23-6-2-4-20-5-3-15-27-24(20)23/h2-15H,16H2,1H3,(H,29,30)/b28-17-. The second-order valence-corrected chi connectivity index (χ2v) is 7.40. The number of rotatable bonds is 6. The van der Waals surface area contributed by atoms with Gasteiger partial charge in [-0.1, -0.05) is 54.1 Å². The van der Waals surface area contributed by atoms with Gasteiger partial charge in [-0.3, -0.25) is 9.78 Å². The lowest BCUT2D eigenvalue weighted by molar-refractivity contribution is 0.0955. The lowest BCUT2D eigenvalue weighted by atomic mass is 10.1. The van der Waals surface area contributed by atoms with E-state index in [1.807, 2.05) is 61.5 Å². The molecule has 1 N–H and O–H groups in total. The molecule has 0 saturated carbocycles. The van der Waals surface area contributed by atoms with Crippen LogP contribution in [0.2, 0.25) is 5.02 Å². The van der Waals surface area contributed by atoms with Crippen molar-refractivity contribution in [3.8, 4) is 5.75 Å². The predicted octanol–water partition coefficient (Wildman–Crippen LogP) is 5.62. The van der Waals surface area contributed by atoms with Gasteiger partial charge in [0.15, 0.2) is 0 Å². The second-order valence-electron chi connectivity index (χ2n) is 6.96. The van der Waals surface area contributed by atoms with E-state index in [4.69, 9.17) is 16.3 Å². The van der Waals surface area contributed by atoms with Gasteiger partial charge in [0.2, 0.25) is 0 Å². The molecule has 0 radical (unpaired) electrons. The van der Waals surface area contributed by atoms with Gasteiger partial charge in [0.05, 0.1) is 5.71 Å². The number of nitrogens with zero attached hydrogens (tertiary/aromatic N) is 2. The number of ether oxygens (including phenoxy) is 1. The molecule has 3 aromatic carbocycles. The average Bonchev–Trinajstić information content (AvgIpc) is 2.81. The van der Waals surface area contributed by atoms with E-state index >= 15 is 0 Å². The van der Waals surface area contributed by atoms with Crippen LogP contribution in [-0.4, -0.2) is 16.6 Å². The molecule has 1 heterocycles. The third-order valence-electron chi connectivity index (χ3n) is 4.79. The minimum Gasteiger partial charge on any atom is -0.487 e. The van der Waals surface area contributed by atoms with E-state index < -0.39 is 0 Å². The molecular formula is C25H20ClN3O2. The smallest absolute Gasteiger partial charge is 0.271 e. The molecule has 0 bridgehead atoms. The summed E-state index contributed by atoms with van der Waals surface area (Å²) in [4.78, 5) is 16.8. The number of hydrogen-bond acceptors (Lipinski definition) is 4. The fourth-order valence-electron chi connectivity index (χ4n) is 3.06. The number of pyridine rings is 1. The lowest BCUT2D eigenvalue weighted by Crippen LogP contribution is -2.19. The number of hydrazone groups is 1. The number of aromatic nitrogens is 1. The number of carbonyl (C=O) groups excluding carboxylic acids is 1. The highest BCUT2D eigenvalue weighted by Crippen LogP contribution is 2.24. The van der Waals surface area contributed by atoms with Gasteiger partial charge in [-0.15, -0.1) is 0 Å². The Morgan fingerprint density at radius 1 is 0.968 bits per heavy atom. The molecule has 1 aromatic heterocycles. The molecule has 6 heteroatoms. The number of halogens is 1. The topological polar surface area (TPSA) is 63.6 Å². The summed E-state index contributed by atoms with van der Waals surface area (Å²) in [6, 6.07) is 24.3. The quantitative estimate of drug-likeness (QED) is 0.319. The third-order valence-corrected chi connectivity index (χ3v) is 5.05. The van der Waals surface area contributed by atoms with Gasteiger partial charge < -0.3 is 4.74 Å². The summed E-state index contributed by atoms with van der Waals surface area (Å²) < 4.78 is 5.95. The average molecular weight is 430 g/mol. The first-order chi connectivity index (χ1) is 15.1. The van der Waals surface area contributed by atoms with Crippen LogP contribution in [-0.2, 0) is 6.61 Å². The van der Waals surface area contributed by atoms with Gasteiger partial charge in [0.1, 0.15) is 17.9 Å². The van der Waals surface area contributed by atoms with Gasteiger partial charge in [-0.25, -0.2) is 5.43 Å². The molecule has 0 saturated heterocycles. The van der Waals surface area contributed by atoms with Gasteiger partial charge >= 0.3 is 0 Å². The van der Waals surface area contributed by atoms with E-state index in [0.29, 0.717) is 22.9 Å². The Hall–Kier alpha value is -3.70. The van der Waals surface area contributed by atoms with Crippen molar-refractivity contribution in [3.63, 3.8) is 0 Å². The van der Waals surface area contributed by atoms with Crippen LogP contribution in [0.3, 0.4) is 0 Å². The first-order valence-electron chi connectivity index (χ1n) is 9.76. The fourth-order valence-corrected chi connectivity index (χ4v) is 3.19. The van der Waals surface area contributed by atoms with E-state index in [1.165, 1.54) is 0 Å². The highest BCUT2D eigenvalue weighted by molar-refractivity contribution is 6.30. The van der Waals surface area contributed by atoms with Gasteiger partial charge in [0.25, 0.3) is 5.91 Å². The van der Waals surface area contributed by atoms with Crippen LogP contribution in [0.4, 0.5) is 0 Å². The summed E-state index contributed by atoms with van der Waals surface area (Å²) in [6.07, 6.45) is 1.75. The van der Waals surface area contributed by atoms with Crippen molar-refractivity contribution < 1.29 is 9.53 Å². The molecule has 1 amide bonds. The molecule has 0 aliphatic rings. The molecule has 0 aliphatic carbocycles. The van der Waals surface area contributed by atoms with Crippen molar-refractivity contribution >= 4 is 34.1 Å². The normalized spacial score (nSPS) is 11.4. The number of fused-ring (bicyclic) bond motifs is 1. The zero-order chi connectivity index (χ0) is 21.6. The second kappa shape index (κ2) is 9.41. The van der Waals surface area contributed by atoms with Crippen LogP contribution >= 0.6 is 11.6 Å². The zero-order valence-corrected chi connectivity index (χ0v) is 17.6. The Balaban J connectivity index is 1.38. The number of hydrogen-bond donors (Lipinski definition) is 1. The Labute approximate surface area is 185 Å². The SMILES string of the molecule is C/C(=N/NC(=O)c1ccc(COc2cccc3cccnc23)cc1)c1ccc(Cl)cc1. The molecule has 0 unspecified atom stereocenters. The van der Waals surface area contributed by atoms with E-state index in [2.05, 4.69) is 15.5 Å². The van der Waals surface area contributed by atoms with Crippen molar-refractivity contribution in [1.29, 1.82) is 0 Å². The van der Waals surface area contributed by atoms with Crippen molar-refractivity contribution in [1.82, 2.24) is 10.4 Å². The van der Waals surface area contributed by atoms with Crippen LogP contribution < -0.4 is 10.2 Å². The summed E-state index contributed by atoms with van der Waals surface area (Å²) in [5.41, 5.74) is 6.46. The summed E-state index contributed by atoms with van der Waals surface area (Å²) in [7, 11) is 0. The monoisotopic (exact) mass is 429 g/mol. The number of amides is 1. The van der Waals surface area contributed by atoms with Crippen LogP contribution in [0, 0.1) is 0 Å². The first-order valence-corrected chi connectivity index (χ1v) is 10.1. The van der Waals surface area contributed by atoms with Crippen molar-refractivity contribution in [2.24, 2.45) is 5.10 Å². The summed E-state index contributed by atoms with van der Waals surface area (Å²) >= 11 is 5.90. The molecule has 5 nitrogen and oxygen atoms in total. The first kappa shape index (κ1) is 20.6. The minimum absolute atomic E-state index is 0.279. The lowest BCUT2D eigenvalue weighted by Gasteiger charge is -2.09. The fraction of sp³-hybridized carbons (Fsp3) is 0.0800. The van der Waals surface area contributed by atoms with Crippen molar-refractivity contribution in [2.75, 3.05) is 0 Å². The van der Waals surface area contributed by atoms with Gasteiger partial charge in [-0.2, -0.15) is 5.10 Å². The maximum atomic E-state index is 12.4. The molecule has 154 valence electrons. The highest BCUT2D eigenvalue weighted by atomic mass is 35.5. The molecule has 0 fully saturated rings. The summed E-state index contributed by atoms with van der Waals surface area (Å²) in [6.45, 7) is 2.21. The zero-order valence-electron chi connectivity index (χ0n) is 16.9. The summed E-state index contributed by atoms with van der Waals surface area (Å²) in [5, 5.41) is 5.85. The van der Waals surface area contributed by atoms with Crippen molar-refractivity contribution in [3.05, 3.63) is 107 Å². The van der Waals surface area contributed by atoms with Gasteiger partial charge in [0, 0.05) is 22.2 Å². The molecule has 0 aliphatic heterocycles. The Bertz CT molecular complexity index is 1230. The van der Waals surface area contributed by atoms with E-state index in [0.717, 1.165) is 27.8 Å². The van der Waals surface area contributed by atoms with Crippen LogP contribution in [0.5, 0.6) is 5.75 Å². The molecule has 4 aromatic rings. The molecule has 4 rings (SSSR count). The molecular weight excluding hydrogens is 410 g/mol. The van der Waals surface area contributed by atoms with E-state index in [-0.39, 0.29) is 5.91 Å². The van der Waals surface area contributed by atoms with E-state index in [9.17, 15) is 4.79 Å². The van der Waals surface area contributed by atoms with Gasteiger partial charge in [-0.05, 0) is 54.4 Å². The predicted molar refractivity (Wildman–Crippen MR) is 124 cm³/mol. The molecule has 31 heavy (non-hydrogen) atoms. The van der Waals surface area contributed by atoms with Crippen LogP contribution in [0.15, 0.2) is 90.2 Å². The maximum absolute atomic E-state index is 12.4. The third kappa shape index (κ3) is 5.08. The maximum Gasteiger partial charge on any atom is 0.271 e. The Kier molecular flexibility index (Phi) is 6.24. The van der Waals surface area contributed by atoms with E-state index in [1.54, 1.807) is 30.5 Å². The number of para-hydroxylation sites is 1. The highest BCUT2D eigenvalue weighted by Gasteiger charge is 2.07. The minimum atomic E-state index is -0.279. The van der Waals surface area contributed by atoms with Crippen molar-refractivity contribution in [2.45, 2.75) is 13.5 Å². The molecule has 0 atom stereocenters. The number of benzene rings is 3. The Morgan fingerprint density at radius 3 is 2.45 bits per heavy atom. The largest absolute Gasteiger partial charge is 0.487 e. The Morgan fingerprint density at radius 2 is 1.68 bits per heavy atom. The molecule has 0 spiro atoms. The summed E-state index contributed by atoms with van der Waals surface area (Å²) in [5.74, 6) is 0.450.